The molecule has 3 aromatic rings. The average Bonchev–Trinajstić information content (AvgIpc) is 3.07. The Balaban J connectivity index is 2.36. The number of nitrogens with two attached hydrogens (primary N) is 1. The van der Waals surface area contributed by atoms with Crippen LogP contribution in [-0.2, 0) is 17.1 Å². The largest absolute Gasteiger partial charge is 0.275 e. The summed E-state index contributed by atoms with van der Waals surface area (Å²) in [6, 6.07) is 6.47. The van der Waals surface area contributed by atoms with Gasteiger partial charge in [0.2, 0.25) is 15.8 Å². The first kappa shape index (κ1) is 13.4. The van der Waals surface area contributed by atoms with Gasteiger partial charge in [0.15, 0.2) is 0 Å². The van der Waals surface area contributed by atoms with E-state index in [1.807, 2.05) is 0 Å². The van der Waals surface area contributed by atoms with Crippen LogP contribution in [0, 0.1) is 0 Å². The maximum Gasteiger partial charge on any atom is 0.238 e. The topological polar surface area (TPSA) is 132 Å². The van der Waals surface area contributed by atoms with Crippen LogP contribution < -0.4 is 5.14 Å². The van der Waals surface area contributed by atoms with E-state index in [-0.39, 0.29) is 16.3 Å². The molecule has 21 heavy (non-hydrogen) atoms. The van der Waals surface area contributed by atoms with Crippen LogP contribution in [0.15, 0.2) is 35.4 Å². The minimum absolute atomic E-state index is 0.0768. The highest BCUT2D eigenvalue weighted by atomic mass is 32.2. The lowest BCUT2D eigenvalue weighted by molar-refractivity contribution is 0.598. The highest BCUT2D eigenvalue weighted by molar-refractivity contribution is 7.89. The maximum absolute atomic E-state index is 11.8. The van der Waals surface area contributed by atoms with E-state index in [1.54, 1.807) is 36.1 Å². The molecule has 9 nitrogen and oxygen atoms in total. The van der Waals surface area contributed by atoms with Gasteiger partial charge in [0.05, 0.1) is 16.2 Å². The molecule has 1 aromatic carbocycles. The smallest absolute Gasteiger partial charge is 0.238 e. The zero-order chi connectivity index (χ0) is 15.0. The second kappa shape index (κ2) is 4.75. The van der Waals surface area contributed by atoms with Gasteiger partial charge in [-0.3, -0.25) is 4.68 Å². The second-order valence-electron chi connectivity index (χ2n) is 4.33. The van der Waals surface area contributed by atoms with Crippen LogP contribution >= 0.6 is 0 Å². The van der Waals surface area contributed by atoms with E-state index in [0.717, 1.165) is 0 Å². The highest BCUT2D eigenvalue weighted by Crippen LogP contribution is 2.33. The summed E-state index contributed by atoms with van der Waals surface area (Å²) in [5, 5.41) is 23.0. The van der Waals surface area contributed by atoms with Crippen molar-refractivity contribution in [2.45, 2.75) is 4.90 Å². The average molecular weight is 305 g/mol. The predicted octanol–water partition coefficient (Wildman–Crippen LogP) is -0.0854. The predicted molar refractivity (Wildman–Crippen MR) is 73.2 cm³/mol. The molecule has 2 aromatic heterocycles. The summed E-state index contributed by atoms with van der Waals surface area (Å²) >= 11 is 0. The molecule has 3 N–H and O–H groups in total. The normalized spacial score (nSPS) is 11.7. The van der Waals surface area contributed by atoms with Crippen LogP contribution in [-0.4, -0.2) is 38.8 Å². The Morgan fingerprint density at radius 3 is 2.67 bits per heavy atom. The van der Waals surface area contributed by atoms with Gasteiger partial charge in [0.25, 0.3) is 0 Å². The quantitative estimate of drug-likeness (QED) is 0.695. The van der Waals surface area contributed by atoms with Gasteiger partial charge in [0.1, 0.15) is 0 Å². The van der Waals surface area contributed by atoms with Crippen molar-refractivity contribution in [1.29, 1.82) is 0 Å². The lowest BCUT2D eigenvalue weighted by Crippen LogP contribution is -2.14. The van der Waals surface area contributed by atoms with Crippen LogP contribution in [0.4, 0.5) is 0 Å². The number of sulfonamides is 1. The van der Waals surface area contributed by atoms with E-state index in [1.165, 1.54) is 6.07 Å². The van der Waals surface area contributed by atoms with Crippen LogP contribution in [0.5, 0.6) is 0 Å². The van der Waals surface area contributed by atoms with Gasteiger partial charge in [-0.25, -0.2) is 13.6 Å². The van der Waals surface area contributed by atoms with Gasteiger partial charge in [-0.05, 0) is 17.3 Å². The van der Waals surface area contributed by atoms with Gasteiger partial charge in [-0.2, -0.15) is 10.3 Å². The molecule has 108 valence electrons. The van der Waals surface area contributed by atoms with Gasteiger partial charge in [-0.1, -0.05) is 12.1 Å². The monoisotopic (exact) mass is 305 g/mol. The number of nitrogens with one attached hydrogen (secondary N) is 1. The molecular weight excluding hydrogens is 294 g/mol. The van der Waals surface area contributed by atoms with Crippen molar-refractivity contribution in [2.75, 3.05) is 0 Å². The molecule has 0 amide bonds. The van der Waals surface area contributed by atoms with Crippen molar-refractivity contribution in [3.63, 3.8) is 0 Å². The summed E-state index contributed by atoms with van der Waals surface area (Å²) in [6.45, 7) is 0. The molecule has 2 heterocycles. The van der Waals surface area contributed by atoms with E-state index in [9.17, 15) is 8.42 Å². The molecule has 0 spiro atoms. The Morgan fingerprint density at radius 2 is 2.10 bits per heavy atom. The minimum Gasteiger partial charge on any atom is -0.275 e. The van der Waals surface area contributed by atoms with Crippen molar-refractivity contribution >= 4 is 10.0 Å². The number of H-pyrrole nitrogens is 1. The number of nitrogens with zero attached hydrogens (tertiary/aromatic N) is 5. The zero-order valence-electron chi connectivity index (χ0n) is 10.9. The Labute approximate surface area is 119 Å². The van der Waals surface area contributed by atoms with E-state index in [4.69, 9.17) is 5.14 Å². The summed E-state index contributed by atoms with van der Waals surface area (Å²) in [5.74, 6) is 0.139. The van der Waals surface area contributed by atoms with Gasteiger partial charge in [0, 0.05) is 18.8 Å². The summed E-state index contributed by atoms with van der Waals surface area (Å²) in [4.78, 5) is -0.0768. The van der Waals surface area contributed by atoms with Crippen LogP contribution in [0.25, 0.3) is 22.6 Å². The fraction of sp³-hybridized carbons (Fsp3) is 0.0909. The maximum atomic E-state index is 11.8. The van der Waals surface area contributed by atoms with E-state index < -0.39 is 10.0 Å². The van der Waals surface area contributed by atoms with Gasteiger partial charge >= 0.3 is 0 Å². The number of aromatic nitrogens is 6. The first-order valence-corrected chi connectivity index (χ1v) is 7.41. The fourth-order valence-corrected chi connectivity index (χ4v) is 2.79. The molecule has 0 atom stereocenters. The lowest BCUT2D eigenvalue weighted by Gasteiger charge is -2.09. The van der Waals surface area contributed by atoms with Gasteiger partial charge in [-0.15, -0.1) is 10.2 Å². The third kappa shape index (κ3) is 2.41. The number of hydrogen-bond donors (Lipinski definition) is 2. The van der Waals surface area contributed by atoms with Gasteiger partial charge < -0.3 is 0 Å². The molecule has 10 heteroatoms. The number of rotatable bonds is 3. The second-order valence-corrected chi connectivity index (χ2v) is 5.86. The first-order valence-electron chi connectivity index (χ1n) is 5.86. The van der Waals surface area contributed by atoms with Crippen LogP contribution in [0.3, 0.4) is 0 Å². The minimum atomic E-state index is -3.94. The Bertz CT molecular complexity index is 883. The molecule has 0 aliphatic rings. The molecule has 0 saturated carbocycles. The summed E-state index contributed by atoms with van der Waals surface area (Å²) in [6.07, 6.45) is 1.75. The van der Waals surface area contributed by atoms with Crippen LogP contribution in [0.1, 0.15) is 0 Å². The van der Waals surface area contributed by atoms with Crippen molar-refractivity contribution in [3.05, 3.63) is 30.5 Å². The lowest BCUT2D eigenvalue weighted by atomic mass is 10.0. The molecule has 0 bridgehead atoms. The Kier molecular flexibility index (Phi) is 3.03. The highest BCUT2D eigenvalue weighted by Gasteiger charge is 2.23. The summed E-state index contributed by atoms with van der Waals surface area (Å²) in [5.41, 5.74) is 1.42. The molecule has 0 unspecified atom stereocenters. The number of primary sulfonamides is 1. The number of aromatic amines is 1. The molecule has 0 radical (unpaired) electrons. The molecule has 0 fully saturated rings. The molecule has 0 aliphatic heterocycles. The van der Waals surface area contributed by atoms with Crippen molar-refractivity contribution in [1.82, 2.24) is 30.4 Å². The number of benzene rings is 1. The Morgan fingerprint density at radius 1 is 1.29 bits per heavy atom. The third-order valence-corrected chi connectivity index (χ3v) is 3.84. The summed E-state index contributed by atoms with van der Waals surface area (Å²) in [7, 11) is -2.17. The molecule has 0 aliphatic carbocycles. The zero-order valence-corrected chi connectivity index (χ0v) is 11.7. The van der Waals surface area contributed by atoms with Crippen molar-refractivity contribution in [2.24, 2.45) is 12.2 Å². The first-order chi connectivity index (χ1) is 9.97. The number of aryl methyl sites for hydroxylation is 1. The van der Waals surface area contributed by atoms with E-state index in [2.05, 4.69) is 25.7 Å². The number of hydrogen-bond acceptors (Lipinski definition) is 6. The molecular formula is C11H11N7O2S. The molecule has 0 saturated heterocycles. The molecule has 3 rings (SSSR count). The van der Waals surface area contributed by atoms with Crippen LogP contribution in [0.2, 0.25) is 0 Å². The SMILES string of the molecule is Cn1ccc(-c2cccc(S(N)(=O)=O)c2-c2nn[nH]n2)n1. The van der Waals surface area contributed by atoms with Crippen molar-refractivity contribution in [3.8, 4) is 22.6 Å². The number of tetrazole rings is 1. The Hall–Kier alpha value is -2.59. The van der Waals surface area contributed by atoms with Crippen molar-refractivity contribution < 1.29 is 8.42 Å². The third-order valence-electron chi connectivity index (χ3n) is 2.89. The van der Waals surface area contributed by atoms with E-state index >= 15 is 0 Å². The fourth-order valence-electron chi connectivity index (χ4n) is 2.04. The van der Waals surface area contributed by atoms with E-state index in [0.29, 0.717) is 11.3 Å². The summed E-state index contributed by atoms with van der Waals surface area (Å²) < 4.78 is 25.2. The standard InChI is InChI=1S/C11H11N7O2S/c1-18-6-5-8(15-18)7-3-2-4-9(21(12,19)20)10(7)11-13-16-17-14-11/h2-6H,1H3,(H2,12,19,20)(H,13,14,16,17).